The van der Waals surface area contributed by atoms with Gasteiger partial charge >= 0.3 is 5.97 Å². The first-order chi connectivity index (χ1) is 7.24. The average molecular weight is 225 g/mol. The number of hydrogen-bond acceptors (Lipinski definition) is 4. The third-order valence-corrected chi connectivity index (χ3v) is 4.21. The Morgan fingerprint density at radius 2 is 2.40 bits per heavy atom. The summed E-state index contributed by atoms with van der Waals surface area (Å²) in [5.74, 6) is 0.444. The smallest absolute Gasteiger partial charge is 0.371 e. The molecule has 3 rings (SSSR count). The van der Waals surface area contributed by atoms with E-state index in [1.807, 2.05) is 0 Å². The van der Waals surface area contributed by atoms with Gasteiger partial charge in [-0.15, -0.1) is 11.8 Å². The molecule has 0 radical (unpaired) electrons. The van der Waals surface area contributed by atoms with Crippen molar-refractivity contribution in [2.24, 2.45) is 5.92 Å². The lowest BCUT2D eigenvalue weighted by Crippen LogP contribution is -2.22. The Kier molecular flexibility index (Phi) is 1.95. The molecule has 1 aliphatic carbocycles. The van der Waals surface area contributed by atoms with Crippen molar-refractivity contribution in [2.75, 3.05) is 11.9 Å². The maximum Gasteiger partial charge on any atom is 0.371 e. The topological polar surface area (TPSA) is 62.5 Å². The molecule has 2 heterocycles. The summed E-state index contributed by atoms with van der Waals surface area (Å²) >= 11 is 1.75. The Hall–Kier alpha value is -1.10. The number of hydrogen-bond donors (Lipinski definition) is 2. The minimum absolute atomic E-state index is 0.0245. The van der Waals surface area contributed by atoms with Gasteiger partial charge in [0.2, 0.25) is 11.6 Å². The zero-order valence-corrected chi connectivity index (χ0v) is 8.84. The van der Waals surface area contributed by atoms with Gasteiger partial charge in [0, 0.05) is 17.9 Å². The molecule has 1 saturated carbocycles. The molecule has 0 aromatic carbocycles. The van der Waals surface area contributed by atoms with Crippen LogP contribution in [0.3, 0.4) is 0 Å². The van der Waals surface area contributed by atoms with Gasteiger partial charge in [-0.3, -0.25) is 0 Å². The van der Waals surface area contributed by atoms with Gasteiger partial charge in [-0.05, 0) is 18.8 Å². The van der Waals surface area contributed by atoms with Gasteiger partial charge in [-0.25, -0.2) is 4.79 Å². The number of anilines is 1. The highest BCUT2D eigenvalue weighted by atomic mass is 32.2. The summed E-state index contributed by atoms with van der Waals surface area (Å²) in [5, 5.41) is 12.5. The molecule has 0 bridgehead atoms. The van der Waals surface area contributed by atoms with Crippen molar-refractivity contribution in [3.05, 3.63) is 11.8 Å². The van der Waals surface area contributed by atoms with Crippen LogP contribution in [0.25, 0.3) is 0 Å². The molecule has 2 N–H and O–H groups in total. The molecule has 1 unspecified atom stereocenters. The Balaban J connectivity index is 1.85. The lowest BCUT2D eigenvalue weighted by Gasteiger charge is -2.21. The zero-order chi connectivity index (χ0) is 10.4. The summed E-state index contributed by atoms with van der Waals surface area (Å²) in [6.07, 6.45) is 2.61. The third kappa shape index (κ3) is 1.61. The Bertz CT molecular complexity index is 411. The van der Waals surface area contributed by atoms with Crippen molar-refractivity contribution in [3.63, 3.8) is 0 Å². The van der Waals surface area contributed by atoms with Gasteiger partial charge in [0.1, 0.15) is 0 Å². The van der Waals surface area contributed by atoms with Crippen molar-refractivity contribution in [2.45, 2.75) is 23.0 Å². The van der Waals surface area contributed by atoms with Crippen LogP contribution in [0.4, 0.5) is 5.88 Å². The standard InChI is InChI=1S/C10H11NO3S/c12-10(13)6-3-7-9(14-6)11-4-8(15-7)5-1-2-5/h3,5,8,11H,1-2,4H2,(H,12,13). The molecular formula is C10H11NO3S. The zero-order valence-electron chi connectivity index (χ0n) is 8.03. The molecule has 4 nitrogen and oxygen atoms in total. The molecule has 0 amide bonds. The van der Waals surface area contributed by atoms with Crippen LogP contribution in [-0.2, 0) is 0 Å². The maximum atomic E-state index is 10.7. The van der Waals surface area contributed by atoms with Gasteiger partial charge < -0.3 is 14.8 Å². The monoisotopic (exact) mass is 225 g/mol. The predicted molar refractivity (Wildman–Crippen MR) is 56.5 cm³/mol. The molecule has 1 fully saturated rings. The molecule has 0 saturated heterocycles. The summed E-state index contributed by atoms with van der Waals surface area (Å²) in [6, 6.07) is 1.61. The largest absolute Gasteiger partial charge is 0.475 e. The normalized spacial score (nSPS) is 24.4. The first-order valence-corrected chi connectivity index (χ1v) is 5.89. The number of nitrogens with one attached hydrogen (secondary N) is 1. The van der Waals surface area contributed by atoms with Crippen LogP contribution in [0, 0.1) is 5.92 Å². The first-order valence-electron chi connectivity index (χ1n) is 5.01. The van der Waals surface area contributed by atoms with E-state index in [2.05, 4.69) is 5.32 Å². The molecule has 1 aliphatic heterocycles. The fourth-order valence-corrected chi connectivity index (χ4v) is 3.17. The lowest BCUT2D eigenvalue weighted by atomic mass is 10.3. The van der Waals surface area contributed by atoms with Crippen LogP contribution >= 0.6 is 11.8 Å². The van der Waals surface area contributed by atoms with Gasteiger partial charge in [0.25, 0.3) is 0 Å². The van der Waals surface area contributed by atoms with Gasteiger partial charge in [0.05, 0.1) is 4.90 Å². The molecule has 5 heteroatoms. The average Bonchev–Trinajstić information content (AvgIpc) is 2.96. The second-order valence-electron chi connectivity index (χ2n) is 3.98. The van der Waals surface area contributed by atoms with Crippen molar-refractivity contribution in [3.8, 4) is 0 Å². The number of fused-ring (bicyclic) bond motifs is 1. The van der Waals surface area contributed by atoms with Crippen molar-refractivity contribution in [1.29, 1.82) is 0 Å². The highest BCUT2D eigenvalue weighted by Crippen LogP contribution is 2.46. The van der Waals surface area contributed by atoms with Crippen molar-refractivity contribution < 1.29 is 14.3 Å². The number of furan rings is 1. The van der Waals surface area contributed by atoms with Crippen molar-refractivity contribution >= 4 is 23.6 Å². The molecule has 0 spiro atoms. The molecule has 1 atom stereocenters. The second-order valence-corrected chi connectivity index (χ2v) is 5.26. The summed E-state index contributed by atoms with van der Waals surface area (Å²) in [7, 11) is 0. The van der Waals surface area contributed by atoms with Crippen LogP contribution in [-0.4, -0.2) is 22.9 Å². The lowest BCUT2D eigenvalue weighted by molar-refractivity contribution is 0.0663. The summed E-state index contributed by atoms with van der Waals surface area (Å²) in [5.41, 5.74) is 0. The number of carboxylic acid groups (broad SMARTS) is 1. The van der Waals surface area contributed by atoms with Gasteiger partial charge in [-0.2, -0.15) is 0 Å². The fourth-order valence-electron chi connectivity index (χ4n) is 1.82. The molecule has 1 aromatic rings. The molecule has 80 valence electrons. The summed E-state index contributed by atoms with van der Waals surface area (Å²) in [6.45, 7) is 0.884. The van der Waals surface area contributed by atoms with E-state index in [1.165, 1.54) is 12.8 Å². The minimum atomic E-state index is -1.00. The quantitative estimate of drug-likeness (QED) is 0.808. The Morgan fingerprint density at radius 3 is 3.07 bits per heavy atom. The number of rotatable bonds is 2. The van der Waals surface area contributed by atoms with Crippen LogP contribution in [0.2, 0.25) is 0 Å². The van der Waals surface area contributed by atoms with E-state index in [0.717, 1.165) is 17.4 Å². The fraction of sp³-hybridized carbons (Fsp3) is 0.500. The van der Waals surface area contributed by atoms with Gasteiger partial charge in [-0.1, -0.05) is 0 Å². The van der Waals surface area contributed by atoms with E-state index >= 15 is 0 Å². The SMILES string of the molecule is O=C(O)c1cc2c(o1)NCC(C1CC1)S2. The van der Waals surface area contributed by atoms with E-state index in [0.29, 0.717) is 11.1 Å². The van der Waals surface area contributed by atoms with Crippen LogP contribution in [0.15, 0.2) is 15.4 Å². The minimum Gasteiger partial charge on any atom is -0.475 e. The van der Waals surface area contributed by atoms with Crippen LogP contribution in [0.1, 0.15) is 23.4 Å². The maximum absolute atomic E-state index is 10.7. The van der Waals surface area contributed by atoms with E-state index < -0.39 is 5.97 Å². The molecule has 1 aromatic heterocycles. The number of carbonyl (C=O) groups is 1. The van der Waals surface area contributed by atoms with E-state index in [-0.39, 0.29) is 5.76 Å². The van der Waals surface area contributed by atoms with Crippen molar-refractivity contribution in [1.82, 2.24) is 0 Å². The number of thioether (sulfide) groups is 1. The Labute approximate surface area is 91.0 Å². The number of aromatic carboxylic acids is 1. The predicted octanol–water partition coefficient (Wildman–Crippen LogP) is 2.27. The molecule has 2 aliphatic rings. The summed E-state index contributed by atoms with van der Waals surface area (Å²) < 4.78 is 5.18. The third-order valence-electron chi connectivity index (χ3n) is 2.80. The molecule has 15 heavy (non-hydrogen) atoms. The van der Waals surface area contributed by atoms with E-state index in [4.69, 9.17) is 9.52 Å². The first kappa shape index (κ1) is 9.15. The Morgan fingerprint density at radius 1 is 1.60 bits per heavy atom. The van der Waals surface area contributed by atoms with Gasteiger partial charge in [0.15, 0.2) is 0 Å². The number of carboxylic acids is 1. The van der Waals surface area contributed by atoms with E-state index in [1.54, 1.807) is 17.8 Å². The second kappa shape index (κ2) is 3.20. The van der Waals surface area contributed by atoms with Crippen LogP contribution in [0.5, 0.6) is 0 Å². The van der Waals surface area contributed by atoms with E-state index in [9.17, 15) is 4.79 Å². The highest BCUT2D eigenvalue weighted by Gasteiger charge is 2.35. The molecular weight excluding hydrogens is 214 g/mol. The van der Waals surface area contributed by atoms with Crippen LogP contribution < -0.4 is 5.32 Å². The highest BCUT2D eigenvalue weighted by molar-refractivity contribution is 8.00. The summed E-state index contributed by atoms with van der Waals surface area (Å²) in [4.78, 5) is 11.7.